The Hall–Kier alpha value is -0.120. The Morgan fingerprint density at radius 1 is 0.600 bits per heavy atom. The third-order valence-electron chi connectivity index (χ3n) is 15.9. The second kappa shape index (κ2) is 10.2. The molecule has 0 N–H and O–H groups in total. The van der Waals surface area contributed by atoms with Crippen LogP contribution in [-0.2, 0) is 14.2 Å². The first-order valence-corrected chi connectivity index (χ1v) is 18.5. The van der Waals surface area contributed by atoms with Gasteiger partial charge in [0.2, 0.25) is 0 Å². The summed E-state index contributed by atoms with van der Waals surface area (Å²) in [5.74, 6) is 14.8. The highest BCUT2D eigenvalue weighted by Gasteiger charge is 2.70. The molecule has 9 fully saturated rings. The molecule has 9 saturated carbocycles. The minimum atomic E-state index is 0.551. The van der Waals surface area contributed by atoms with Crippen LogP contribution in [-0.4, -0.2) is 38.1 Å². The van der Waals surface area contributed by atoms with Gasteiger partial charge in [-0.2, -0.15) is 0 Å². The van der Waals surface area contributed by atoms with Crippen LogP contribution in [0, 0.1) is 88.8 Å². The fourth-order valence-corrected chi connectivity index (χ4v) is 14.3. The third kappa shape index (κ3) is 4.04. The van der Waals surface area contributed by atoms with E-state index in [1.54, 1.807) is 0 Å². The van der Waals surface area contributed by atoms with E-state index in [9.17, 15) is 0 Å². The van der Waals surface area contributed by atoms with Crippen molar-refractivity contribution in [3.05, 3.63) is 0 Å². The number of fused-ring (bicyclic) bond motifs is 14. The molecule has 0 aromatic rings. The molecule has 224 valence electrons. The molecule has 0 heterocycles. The number of hydrogen-bond acceptors (Lipinski definition) is 3. The molecule has 18 unspecified atom stereocenters. The minimum absolute atomic E-state index is 0.551. The molecule has 3 heteroatoms. The maximum Gasteiger partial charge on any atom is 0.0609 e. The molecule has 0 radical (unpaired) electrons. The Morgan fingerprint density at radius 3 is 2.35 bits per heavy atom. The van der Waals surface area contributed by atoms with Crippen LogP contribution in [0.3, 0.4) is 0 Å². The van der Waals surface area contributed by atoms with Gasteiger partial charge in [-0.05, 0) is 179 Å². The lowest BCUT2D eigenvalue weighted by molar-refractivity contribution is -0.201. The van der Waals surface area contributed by atoms with E-state index < -0.39 is 0 Å². The number of ether oxygens (including phenoxy) is 3. The topological polar surface area (TPSA) is 27.7 Å². The lowest BCUT2D eigenvalue weighted by Gasteiger charge is -2.66. The predicted molar refractivity (Wildman–Crippen MR) is 158 cm³/mol. The van der Waals surface area contributed by atoms with E-state index in [4.69, 9.17) is 14.2 Å². The summed E-state index contributed by atoms with van der Waals surface area (Å²) >= 11 is 0. The molecule has 0 aliphatic heterocycles. The monoisotopic (exact) mass is 550 g/mol. The molecule has 9 aliphatic carbocycles. The molecule has 0 saturated heterocycles. The van der Waals surface area contributed by atoms with E-state index in [-0.39, 0.29) is 0 Å². The van der Waals surface area contributed by atoms with Crippen LogP contribution in [0.4, 0.5) is 0 Å². The fraction of sp³-hybridized carbons (Fsp3) is 1.00. The van der Waals surface area contributed by atoms with E-state index in [1.165, 1.54) is 89.9 Å². The zero-order valence-electron chi connectivity index (χ0n) is 25.6. The summed E-state index contributed by atoms with van der Waals surface area (Å²) < 4.78 is 19.6. The van der Waals surface area contributed by atoms with Crippen LogP contribution >= 0.6 is 0 Å². The predicted octanol–water partition coefficient (Wildman–Crippen LogP) is 8.01. The van der Waals surface area contributed by atoms with Crippen LogP contribution in [0.5, 0.6) is 0 Å². The zero-order valence-corrected chi connectivity index (χ0v) is 25.6. The van der Waals surface area contributed by atoms with Crippen LogP contribution < -0.4 is 0 Å². The maximum atomic E-state index is 6.73. The summed E-state index contributed by atoms with van der Waals surface area (Å²) in [5.41, 5.74) is 0. The van der Waals surface area contributed by atoms with Crippen molar-refractivity contribution in [2.45, 2.75) is 122 Å². The lowest BCUT2D eigenvalue weighted by Crippen LogP contribution is -2.62. The van der Waals surface area contributed by atoms with Crippen molar-refractivity contribution in [1.82, 2.24) is 0 Å². The summed E-state index contributed by atoms with van der Waals surface area (Å²) in [6.45, 7) is 7.69. The van der Waals surface area contributed by atoms with Crippen molar-refractivity contribution in [2.75, 3.05) is 19.8 Å². The van der Waals surface area contributed by atoms with Crippen molar-refractivity contribution in [2.24, 2.45) is 88.8 Å². The van der Waals surface area contributed by atoms with Gasteiger partial charge in [0.1, 0.15) is 0 Å². The standard InChI is InChI=1S/C37H58O3/c1-3-38-34-18-26-16-31(34)37-35-22(14-32(35)36(26)37)9-10-39-27-8-7-21-11-23(12-24(21)13-27)20(2)19-40-33-17-25-15-30(33)29-6-4-5-28(25)29/h20-37H,3-19H2,1-2H3. The molecule has 3 nitrogen and oxygen atoms in total. The van der Waals surface area contributed by atoms with Gasteiger partial charge < -0.3 is 14.2 Å². The molecule has 4 bridgehead atoms. The third-order valence-corrected chi connectivity index (χ3v) is 15.9. The normalized spacial score (nSPS) is 57.3. The van der Waals surface area contributed by atoms with Crippen LogP contribution in [0.1, 0.15) is 104 Å². The SMILES string of the molecule is CCOC1CC2CC1C1C3C(CCOC4CCC5CC(C(C)COC6CC7CC6C6CCCC76)CC5C4)CC3C21. The number of rotatable bonds is 10. The molecular weight excluding hydrogens is 492 g/mol. The summed E-state index contributed by atoms with van der Waals surface area (Å²) in [5, 5.41) is 0. The average molecular weight is 551 g/mol. The van der Waals surface area contributed by atoms with Gasteiger partial charge >= 0.3 is 0 Å². The molecule has 0 aromatic carbocycles. The smallest absolute Gasteiger partial charge is 0.0609 e. The highest BCUT2D eigenvalue weighted by molar-refractivity contribution is 5.18. The summed E-state index contributed by atoms with van der Waals surface area (Å²) in [6.07, 6.45) is 22.0. The average Bonchev–Trinajstić information content (AvgIpc) is 3.77. The maximum absolute atomic E-state index is 6.73. The molecule has 18 atom stereocenters. The van der Waals surface area contributed by atoms with Crippen molar-refractivity contribution >= 4 is 0 Å². The Labute approximate surface area is 244 Å². The van der Waals surface area contributed by atoms with Gasteiger partial charge in [-0.15, -0.1) is 0 Å². The van der Waals surface area contributed by atoms with E-state index >= 15 is 0 Å². The minimum Gasteiger partial charge on any atom is -0.378 e. The Kier molecular flexibility index (Phi) is 6.72. The quantitative estimate of drug-likeness (QED) is 0.276. The molecule has 40 heavy (non-hydrogen) atoms. The van der Waals surface area contributed by atoms with E-state index in [0.29, 0.717) is 18.3 Å². The molecule has 0 spiro atoms. The Morgan fingerprint density at radius 2 is 1.43 bits per heavy atom. The Balaban J connectivity index is 0.708. The van der Waals surface area contributed by atoms with Gasteiger partial charge in [-0.3, -0.25) is 0 Å². The molecule has 9 rings (SSSR count). The summed E-state index contributed by atoms with van der Waals surface area (Å²) in [4.78, 5) is 0. The molecule has 0 aromatic heterocycles. The molecule has 9 aliphatic rings. The second-order valence-electron chi connectivity index (χ2n) is 17.1. The largest absolute Gasteiger partial charge is 0.378 e. The second-order valence-corrected chi connectivity index (χ2v) is 17.1. The molecule has 0 amide bonds. The van der Waals surface area contributed by atoms with Crippen molar-refractivity contribution in [3.8, 4) is 0 Å². The molecular formula is C37H58O3. The van der Waals surface area contributed by atoms with Crippen molar-refractivity contribution in [1.29, 1.82) is 0 Å². The first kappa shape index (κ1) is 26.3. The van der Waals surface area contributed by atoms with Crippen molar-refractivity contribution < 1.29 is 14.2 Å². The van der Waals surface area contributed by atoms with Gasteiger partial charge in [0, 0.05) is 19.8 Å². The van der Waals surface area contributed by atoms with E-state index in [1.807, 2.05) is 0 Å². The van der Waals surface area contributed by atoms with E-state index in [2.05, 4.69) is 13.8 Å². The Bertz CT molecular complexity index is 934. The first-order valence-electron chi connectivity index (χ1n) is 18.5. The fourth-order valence-electron chi connectivity index (χ4n) is 14.3. The van der Waals surface area contributed by atoms with Gasteiger partial charge in [0.25, 0.3) is 0 Å². The van der Waals surface area contributed by atoms with Gasteiger partial charge in [-0.25, -0.2) is 0 Å². The first-order chi connectivity index (χ1) is 19.7. The summed E-state index contributed by atoms with van der Waals surface area (Å²) in [6, 6.07) is 0. The van der Waals surface area contributed by atoms with Gasteiger partial charge in [0.05, 0.1) is 18.3 Å². The van der Waals surface area contributed by atoms with Crippen molar-refractivity contribution in [3.63, 3.8) is 0 Å². The van der Waals surface area contributed by atoms with Crippen LogP contribution in [0.25, 0.3) is 0 Å². The van der Waals surface area contributed by atoms with Gasteiger partial charge in [0.15, 0.2) is 0 Å². The highest BCUT2D eigenvalue weighted by atomic mass is 16.5. The van der Waals surface area contributed by atoms with Gasteiger partial charge in [-0.1, -0.05) is 13.3 Å². The number of hydrogen-bond donors (Lipinski definition) is 0. The highest BCUT2D eigenvalue weighted by Crippen LogP contribution is 2.74. The van der Waals surface area contributed by atoms with Crippen LogP contribution in [0.15, 0.2) is 0 Å². The van der Waals surface area contributed by atoms with E-state index in [0.717, 1.165) is 109 Å². The zero-order chi connectivity index (χ0) is 26.5. The summed E-state index contributed by atoms with van der Waals surface area (Å²) in [7, 11) is 0. The lowest BCUT2D eigenvalue weighted by atomic mass is 9.39. The van der Waals surface area contributed by atoms with Crippen LogP contribution in [0.2, 0.25) is 0 Å².